The number of hydrogen-bond donors (Lipinski definition) is 0. The van der Waals surface area contributed by atoms with E-state index in [4.69, 9.17) is 13.9 Å². The monoisotopic (exact) mass is 343 g/mol. The van der Waals surface area contributed by atoms with Gasteiger partial charge >= 0.3 is 5.63 Å². The molecule has 0 saturated carbocycles. The standard InChI is InChI=1S/C18H17NO4S/c1-21-12-8-7-10(9-13(12)22-2)16-19-17-15(18(20)23-16)11-5-3-4-6-14(11)24-17/h7-9H,3-6H2,1-2H3. The fraction of sp³-hybridized carbons (Fsp3) is 0.333. The van der Waals surface area contributed by atoms with Crippen LogP contribution in [-0.2, 0) is 12.8 Å². The molecule has 24 heavy (non-hydrogen) atoms. The van der Waals surface area contributed by atoms with Crippen molar-refractivity contribution in [1.82, 2.24) is 4.98 Å². The summed E-state index contributed by atoms with van der Waals surface area (Å²) in [5.41, 5.74) is 1.53. The third-order valence-corrected chi connectivity index (χ3v) is 5.57. The van der Waals surface area contributed by atoms with Gasteiger partial charge in [-0.2, -0.15) is 0 Å². The Morgan fingerprint density at radius 1 is 1.12 bits per heavy atom. The Hall–Kier alpha value is -2.34. The molecular weight excluding hydrogens is 326 g/mol. The average Bonchev–Trinajstić information content (AvgIpc) is 2.99. The van der Waals surface area contributed by atoms with Crippen LogP contribution in [-0.4, -0.2) is 19.2 Å². The van der Waals surface area contributed by atoms with Gasteiger partial charge in [0.15, 0.2) is 11.5 Å². The van der Waals surface area contributed by atoms with E-state index in [1.807, 2.05) is 6.07 Å². The zero-order chi connectivity index (χ0) is 16.7. The number of nitrogens with zero attached hydrogens (tertiary/aromatic N) is 1. The molecule has 0 radical (unpaired) electrons. The van der Waals surface area contributed by atoms with Crippen LogP contribution in [0.1, 0.15) is 23.3 Å². The molecule has 2 aromatic heterocycles. The molecule has 124 valence electrons. The zero-order valence-electron chi connectivity index (χ0n) is 13.5. The summed E-state index contributed by atoms with van der Waals surface area (Å²) < 4.78 is 16.1. The van der Waals surface area contributed by atoms with E-state index in [1.165, 1.54) is 11.3 Å². The summed E-state index contributed by atoms with van der Waals surface area (Å²) in [4.78, 5) is 19.2. The van der Waals surface area contributed by atoms with Crippen LogP contribution in [0.25, 0.3) is 21.7 Å². The highest BCUT2D eigenvalue weighted by atomic mass is 32.1. The minimum absolute atomic E-state index is 0.302. The predicted molar refractivity (Wildman–Crippen MR) is 93.3 cm³/mol. The molecule has 1 aromatic carbocycles. The molecule has 1 aliphatic rings. The van der Waals surface area contributed by atoms with E-state index >= 15 is 0 Å². The summed E-state index contributed by atoms with van der Waals surface area (Å²) in [6.45, 7) is 0. The van der Waals surface area contributed by atoms with Crippen LogP contribution in [0.3, 0.4) is 0 Å². The SMILES string of the molecule is COc1ccc(-c2nc3sc4c(c3c(=O)o2)CCCC4)cc1OC. The molecule has 0 aliphatic heterocycles. The predicted octanol–water partition coefficient (Wildman–Crippen LogP) is 3.81. The van der Waals surface area contributed by atoms with Gasteiger partial charge in [0, 0.05) is 10.4 Å². The molecule has 3 aromatic rings. The summed E-state index contributed by atoms with van der Waals surface area (Å²) in [5, 5.41) is 0.666. The Morgan fingerprint density at radius 2 is 1.92 bits per heavy atom. The number of fused-ring (bicyclic) bond motifs is 3. The van der Waals surface area contributed by atoms with Gasteiger partial charge in [-0.1, -0.05) is 0 Å². The molecule has 0 bridgehead atoms. The van der Waals surface area contributed by atoms with Crippen LogP contribution >= 0.6 is 11.3 Å². The first kappa shape index (κ1) is 15.2. The molecule has 0 amide bonds. The number of thiophene rings is 1. The molecular formula is C18H17NO4S. The second-order valence-corrected chi connectivity index (χ2v) is 6.85. The van der Waals surface area contributed by atoms with Gasteiger partial charge in [-0.3, -0.25) is 0 Å². The molecule has 1 aliphatic carbocycles. The molecule has 0 atom stereocenters. The number of aromatic nitrogens is 1. The summed E-state index contributed by atoms with van der Waals surface area (Å²) in [7, 11) is 3.15. The molecule has 0 N–H and O–H groups in total. The van der Waals surface area contributed by atoms with Crippen molar-refractivity contribution in [2.45, 2.75) is 25.7 Å². The molecule has 0 spiro atoms. The smallest absolute Gasteiger partial charge is 0.348 e. The lowest BCUT2D eigenvalue weighted by Crippen LogP contribution is -2.06. The maximum Gasteiger partial charge on any atom is 0.348 e. The first-order valence-corrected chi connectivity index (χ1v) is 8.70. The first-order valence-electron chi connectivity index (χ1n) is 7.89. The van der Waals surface area contributed by atoms with E-state index < -0.39 is 0 Å². The van der Waals surface area contributed by atoms with E-state index in [0.717, 1.165) is 29.7 Å². The van der Waals surface area contributed by atoms with Crippen molar-refractivity contribution in [2.75, 3.05) is 14.2 Å². The average molecular weight is 343 g/mol. The third-order valence-electron chi connectivity index (χ3n) is 4.38. The molecule has 0 unspecified atom stereocenters. The first-order chi connectivity index (χ1) is 11.7. The van der Waals surface area contributed by atoms with E-state index in [-0.39, 0.29) is 5.63 Å². The Bertz CT molecular complexity index is 973. The Morgan fingerprint density at radius 3 is 2.71 bits per heavy atom. The quantitative estimate of drug-likeness (QED) is 0.723. The van der Waals surface area contributed by atoms with Gasteiger partial charge < -0.3 is 13.9 Å². The van der Waals surface area contributed by atoms with Gasteiger partial charge in [0.25, 0.3) is 0 Å². The van der Waals surface area contributed by atoms with Crippen LogP contribution in [0.4, 0.5) is 0 Å². The fourth-order valence-electron chi connectivity index (χ4n) is 3.19. The van der Waals surface area contributed by atoms with Gasteiger partial charge in [0.1, 0.15) is 10.2 Å². The number of methoxy groups -OCH3 is 2. The van der Waals surface area contributed by atoms with E-state index in [2.05, 4.69) is 4.98 Å². The number of hydrogen-bond acceptors (Lipinski definition) is 6. The van der Waals surface area contributed by atoms with E-state index in [0.29, 0.717) is 28.3 Å². The van der Waals surface area contributed by atoms with Gasteiger partial charge in [-0.15, -0.1) is 11.3 Å². The van der Waals surface area contributed by atoms with Gasteiger partial charge in [-0.05, 0) is 49.4 Å². The van der Waals surface area contributed by atoms with Crippen LogP contribution < -0.4 is 15.1 Å². The second kappa shape index (κ2) is 5.94. The molecule has 0 saturated heterocycles. The van der Waals surface area contributed by atoms with Crippen molar-refractivity contribution in [3.05, 3.63) is 39.1 Å². The summed E-state index contributed by atoms with van der Waals surface area (Å²) in [6.07, 6.45) is 4.27. The van der Waals surface area contributed by atoms with E-state index in [9.17, 15) is 4.79 Å². The van der Waals surface area contributed by atoms with Crippen LogP contribution in [0.5, 0.6) is 11.5 Å². The number of benzene rings is 1. The topological polar surface area (TPSA) is 61.6 Å². The molecule has 0 fully saturated rings. The lowest BCUT2D eigenvalue weighted by molar-refractivity contribution is 0.355. The lowest BCUT2D eigenvalue weighted by Gasteiger charge is -2.09. The molecule has 2 heterocycles. The highest BCUT2D eigenvalue weighted by molar-refractivity contribution is 7.18. The van der Waals surface area contributed by atoms with Crippen molar-refractivity contribution in [1.29, 1.82) is 0 Å². The maximum absolute atomic E-state index is 12.5. The number of aryl methyl sites for hydroxylation is 2. The van der Waals surface area contributed by atoms with Crippen molar-refractivity contribution < 1.29 is 13.9 Å². The maximum atomic E-state index is 12.5. The van der Waals surface area contributed by atoms with Gasteiger partial charge in [0.05, 0.1) is 14.2 Å². The Kier molecular flexibility index (Phi) is 3.76. The van der Waals surface area contributed by atoms with Gasteiger partial charge in [-0.25, -0.2) is 9.78 Å². The highest BCUT2D eigenvalue weighted by Gasteiger charge is 2.21. The Labute approximate surface area is 142 Å². The zero-order valence-corrected chi connectivity index (χ0v) is 14.4. The molecule has 5 nitrogen and oxygen atoms in total. The second-order valence-electron chi connectivity index (χ2n) is 5.77. The minimum atomic E-state index is -0.302. The normalized spacial score (nSPS) is 13.8. The van der Waals surface area contributed by atoms with Crippen LogP contribution in [0, 0.1) is 0 Å². The van der Waals surface area contributed by atoms with Crippen molar-refractivity contribution in [3.8, 4) is 23.0 Å². The summed E-state index contributed by atoms with van der Waals surface area (Å²) in [5.74, 6) is 1.51. The van der Waals surface area contributed by atoms with Gasteiger partial charge in [0.2, 0.25) is 5.89 Å². The Balaban J connectivity index is 1.88. The summed E-state index contributed by atoms with van der Waals surface area (Å²) >= 11 is 1.61. The van der Waals surface area contributed by atoms with Crippen molar-refractivity contribution in [2.24, 2.45) is 0 Å². The number of rotatable bonds is 3. The van der Waals surface area contributed by atoms with E-state index in [1.54, 1.807) is 37.7 Å². The van der Waals surface area contributed by atoms with Crippen molar-refractivity contribution >= 4 is 21.6 Å². The molecule has 4 rings (SSSR count). The minimum Gasteiger partial charge on any atom is -0.493 e. The number of ether oxygens (including phenoxy) is 2. The van der Waals surface area contributed by atoms with Crippen molar-refractivity contribution in [3.63, 3.8) is 0 Å². The fourth-order valence-corrected chi connectivity index (χ4v) is 4.43. The largest absolute Gasteiger partial charge is 0.493 e. The van der Waals surface area contributed by atoms with Crippen LogP contribution in [0.15, 0.2) is 27.4 Å². The highest BCUT2D eigenvalue weighted by Crippen LogP contribution is 2.36. The summed E-state index contributed by atoms with van der Waals surface area (Å²) in [6, 6.07) is 5.36. The molecule has 6 heteroatoms. The van der Waals surface area contributed by atoms with Crippen LogP contribution in [0.2, 0.25) is 0 Å². The lowest BCUT2D eigenvalue weighted by atomic mass is 9.97. The third kappa shape index (κ3) is 2.38.